The molecule has 5 aliphatic rings. The van der Waals surface area contributed by atoms with Crippen molar-refractivity contribution in [3.8, 4) is 11.5 Å². The zero-order valence-electron chi connectivity index (χ0n) is 14.8. The zero-order valence-corrected chi connectivity index (χ0v) is 14.8. The van der Waals surface area contributed by atoms with Gasteiger partial charge in [-0.05, 0) is 72.1 Å². The van der Waals surface area contributed by atoms with Gasteiger partial charge in [-0.25, -0.2) is 4.79 Å². The van der Waals surface area contributed by atoms with Crippen LogP contribution in [0.5, 0.6) is 11.5 Å². The molecule has 2 saturated carbocycles. The fraction of sp³-hybridized carbons (Fsp3) is 0.500. The molecular weight excluding hydrogens is 344 g/mol. The van der Waals surface area contributed by atoms with Gasteiger partial charge in [-0.15, -0.1) is 0 Å². The van der Waals surface area contributed by atoms with Crippen molar-refractivity contribution in [2.45, 2.75) is 18.9 Å². The molecule has 6 rings (SSSR count). The van der Waals surface area contributed by atoms with Crippen molar-refractivity contribution in [1.82, 2.24) is 0 Å². The Kier molecular flexibility index (Phi) is 3.14. The van der Waals surface area contributed by atoms with Crippen LogP contribution in [0.15, 0.2) is 42.0 Å². The molecule has 0 radical (unpaired) electrons. The molecule has 4 aliphatic carbocycles. The lowest BCUT2D eigenvalue weighted by atomic mass is 9.50. The Morgan fingerprint density at radius 1 is 1.11 bits per heavy atom. The summed E-state index contributed by atoms with van der Waals surface area (Å²) < 4.78 is 10.9. The van der Waals surface area contributed by atoms with E-state index in [-0.39, 0.29) is 17.8 Å². The number of hydrogen-bond donors (Lipinski definition) is 2. The molecule has 0 bridgehead atoms. The summed E-state index contributed by atoms with van der Waals surface area (Å²) in [6, 6.07) is 6.20. The van der Waals surface area contributed by atoms with Crippen LogP contribution in [-0.2, 0) is 11.2 Å². The van der Waals surface area contributed by atoms with Gasteiger partial charge in [0.25, 0.3) is 0 Å². The number of fused-ring (bicyclic) bond motifs is 1. The van der Waals surface area contributed by atoms with E-state index in [4.69, 9.17) is 9.47 Å². The number of aliphatic hydroxyl groups is 1. The van der Waals surface area contributed by atoms with E-state index in [0.717, 1.165) is 24.3 Å². The van der Waals surface area contributed by atoms with Gasteiger partial charge in [0, 0.05) is 11.5 Å². The SMILES string of the molecule is O=C(O)C1=C[C@@H](O)[C@@H]2C[C@H]3[C@H](Cc4ccc5c(c4)OCO5)[C@H]4C=C[C@@H]1[C@@H]2[C@H]43. The second kappa shape index (κ2) is 5.38. The van der Waals surface area contributed by atoms with Crippen LogP contribution in [0.25, 0.3) is 0 Å². The van der Waals surface area contributed by atoms with Crippen LogP contribution in [-0.4, -0.2) is 29.1 Å². The first-order valence-electron chi connectivity index (χ1n) is 9.82. The first kappa shape index (κ1) is 15.8. The lowest BCUT2D eigenvalue weighted by Gasteiger charge is -2.54. The smallest absolute Gasteiger partial charge is 0.331 e. The molecule has 27 heavy (non-hydrogen) atoms. The van der Waals surface area contributed by atoms with E-state index in [2.05, 4.69) is 24.3 Å². The summed E-state index contributed by atoms with van der Waals surface area (Å²) in [5.74, 6) is 3.33. The number of allylic oxidation sites excluding steroid dienone is 2. The first-order chi connectivity index (χ1) is 13.1. The van der Waals surface area contributed by atoms with Gasteiger partial charge in [-0.3, -0.25) is 0 Å². The molecule has 5 heteroatoms. The molecule has 5 nitrogen and oxygen atoms in total. The lowest BCUT2D eigenvalue weighted by molar-refractivity contribution is -0.134. The van der Waals surface area contributed by atoms with Crippen LogP contribution in [0.3, 0.4) is 0 Å². The minimum atomic E-state index is -0.889. The normalized spacial score (nSPS) is 42.3. The van der Waals surface area contributed by atoms with E-state index in [0.29, 0.717) is 36.0 Å². The van der Waals surface area contributed by atoms with Gasteiger partial charge in [0.05, 0.1) is 6.10 Å². The third-order valence-electron chi connectivity index (χ3n) is 7.73. The number of aliphatic carboxylic acids is 1. The van der Waals surface area contributed by atoms with E-state index >= 15 is 0 Å². The summed E-state index contributed by atoms with van der Waals surface area (Å²) in [6.45, 7) is 0.291. The molecule has 0 unspecified atom stereocenters. The van der Waals surface area contributed by atoms with Gasteiger partial charge in [0.1, 0.15) is 0 Å². The van der Waals surface area contributed by atoms with Crippen molar-refractivity contribution in [3.63, 3.8) is 0 Å². The van der Waals surface area contributed by atoms with Crippen LogP contribution >= 0.6 is 0 Å². The summed E-state index contributed by atoms with van der Waals surface area (Å²) in [4.78, 5) is 11.6. The molecule has 0 amide bonds. The van der Waals surface area contributed by atoms with Crippen LogP contribution in [0.4, 0.5) is 0 Å². The van der Waals surface area contributed by atoms with Crippen molar-refractivity contribution in [3.05, 3.63) is 47.6 Å². The second-order valence-corrected chi connectivity index (χ2v) is 8.68. The van der Waals surface area contributed by atoms with E-state index < -0.39 is 12.1 Å². The summed E-state index contributed by atoms with van der Waals surface area (Å²) >= 11 is 0. The van der Waals surface area contributed by atoms with Crippen LogP contribution in [0.2, 0.25) is 0 Å². The maximum atomic E-state index is 11.6. The number of ether oxygens (including phenoxy) is 2. The Balaban J connectivity index is 1.30. The van der Waals surface area contributed by atoms with E-state index in [1.165, 1.54) is 5.56 Å². The predicted molar refractivity (Wildman–Crippen MR) is 96.2 cm³/mol. The minimum Gasteiger partial charge on any atom is -0.478 e. The molecule has 2 N–H and O–H groups in total. The minimum absolute atomic E-state index is 0.0337. The van der Waals surface area contributed by atoms with Gasteiger partial charge >= 0.3 is 5.97 Å². The third-order valence-corrected chi connectivity index (χ3v) is 7.73. The van der Waals surface area contributed by atoms with E-state index in [9.17, 15) is 15.0 Å². The van der Waals surface area contributed by atoms with Crippen molar-refractivity contribution in [1.29, 1.82) is 0 Å². The molecule has 140 valence electrons. The molecule has 0 spiro atoms. The summed E-state index contributed by atoms with van der Waals surface area (Å²) in [5, 5.41) is 20.1. The maximum Gasteiger partial charge on any atom is 0.331 e. The van der Waals surface area contributed by atoms with Gasteiger partial charge in [0.15, 0.2) is 11.5 Å². The van der Waals surface area contributed by atoms with Crippen LogP contribution in [0.1, 0.15) is 12.0 Å². The number of benzene rings is 1. The van der Waals surface area contributed by atoms with E-state index in [1.807, 2.05) is 6.07 Å². The fourth-order valence-corrected chi connectivity index (χ4v) is 6.72. The fourth-order valence-electron chi connectivity index (χ4n) is 6.72. The van der Waals surface area contributed by atoms with Crippen molar-refractivity contribution >= 4 is 5.97 Å². The average molecular weight is 366 g/mol. The van der Waals surface area contributed by atoms with Crippen LogP contribution in [0, 0.1) is 41.4 Å². The largest absolute Gasteiger partial charge is 0.478 e. The van der Waals surface area contributed by atoms with Crippen LogP contribution < -0.4 is 9.47 Å². The van der Waals surface area contributed by atoms with Gasteiger partial charge in [-0.1, -0.05) is 18.2 Å². The highest BCUT2D eigenvalue weighted by Gasteiger charge is 2.63. The number of rotatable bonds is 3. The topological polar surface area (TPSA) is 76.0 Å². The predicted octanol–water partition coefficient (Wildman–Crippen LogP) is 2.64. The molecule has 1 aromatic carbocycles. The zero-order chi connectivity index (χ0) is 18.3. The highest BCUT2D eigenvalue weighted by atomic mass is 16.7. The summed E-state index contributed by atoms with van der Waals surface area (Å²) in [5.41, 5.74) is 1.65. The first-order valence-corrected chi connectivity index (χ1v) is 9.82. The standard InChI is InChI=1S/C22H22O5/c23-17-8-15(22(24)25)12-3-2-11-13(14-7-16(17)21(12)20(11)14)5-10-1-4-18-19(6-10)27-9-26-18/h1-4,6,8,11-14,16-17,20-21,23H,5,7,9H2,(H,24,25)/t11-,12+,13-,14+,16+,17-,20-,21+/m1/s1. The summed E-state index contributed by atoms with van der Waals surface area (Å²) in [7, 11) is 0. The monoisotopic (exact) mass is 366 g/mol. The Morgan fingerprint density at radius 3 is 2.81 bits per heavy atom. The Bertz CT molecular complexity index is 887. The molecule has 8 atom stereocenters. The highest BCUT2D eigenvalue weighted by Crippen LogP contribution is 2.67. The Morgan fingerprint density at radius 2 is 1.96 bits per heavy atom. The summed E-state index contributed by atoms with van der Waals surface area (Å²) in [6.07, 6.45) is 7.34. The molecule has 1 aromatic rings. The van der Waals surface area contributed by atoms with E-state index in [1.54, 1.807) is 6.08 Å². The number of aliphatic hydroxyl groups excluding tert-OH is 1. The Labute approximate surface area is 157 Å². The third kappa shape index (κ3) is 2.06. The number of carboxylic acid groups (broad SMARTS) is 1. The molecule has 1 aliphatic heterocycles. The highest BCUT2D eigenvalue weighted by molar-refractivity contribution is 5.88. The van der Waals surface area contributed by atoms with Crippen molar-refractivity contribution in [2.75, 3.05) is 6.79 Å². The maximum absolute atomic E-state index is 11.6. The Hall–Kier alpha value is -2.27. The lowest BCUT2D eigenvalue weighted by Crippen LogP contribution is -2.51. The molecule has 2 fully saturated rings. The molecule has 0 aromatic heterocycles. The van der Waals surface area contributed by atoms with Gasteiger partial charge in [0.2, 0.25) is 6.79 Å². The molecular formula is C22H22O5. The molecule has 1 heterocycles. The quantitative estimate of drug-likeness (QED) is 0.805. The average Bonchev–Trinajstić information content (AvgIpc) is 3.26. The number of hydrogen-bond acceptors (Lipinski definition) is 4. The molecule has 0 saturated heterocycles. The van der Waals surface area contributed by atoms with Crippen molar-refractivity contribution < 1.29 is 24.5 Å². The van der Waals surface area contributed by atoms with Gasteiger partial charge < -0.3 is 19.7 Å². The number of carbonyl (C=O) groups is 1. The van der Waals surface area contributed by atoms with Crippen molar-refractivity contribution in [2.24, 2.45) is 41.4 Å². The van der Waals surface area contributed by atoms with Gasteiger partial charge in [-0.2, -0.15) is 0 Å². The second-order valence-electron chi connectivity index (χ2n) is 8.68. The number of carboxylic acids is 1.